The third-order valence-corrected chi connectivity index (χ3v) is 4.01. The Kier molecular flexibility index (Phi) is 3.92. The van der Waals surface area contributed by atoms with Crippen molar-refractivity contribution in [1.29, 1.82) is 0 Å². The number of thiophene rings is 1. The molecule has 3 heterocycles. The van der Waals surface area contributed by atoms with Crippen LogP contribution in [0.25, 0.3) is 0 Å². The number of hydrogen-bond acceptors (Lipinski definition) is 5. The first-order valence-corrected chi connectivity index (χ1v) is 7.47. The summed E-state index contributed by atoms with van der Waals surface area (Å²) in [6.07, 6.45) is 4.46. The number of hydrogen-bond donors (Lipinski definition) is 0. The van der Waals surface area contributed by atoms with Gasteiger partial charge in [0.1, 0.15) is 12.4 Å². The van der Waals surface area contributed by atoms with Crippen molar-refractivity contribution in [2.75, 3.05) is 13.1 Å². The van der Waals surface area contributed by atoms with Crippen molar-refractivity contribution in [1.82, 2.24) is 14.9 Å². The van der Waals surface area contributed by atoms with Crippen LogP contribution in [0.1, 0.15) is 12.0 Å². The molecule has 1 amide bonds. The van der Waals surface area contributed by atoms with Crippen LogP contribution in [0.4, 0.5) is 0 Å². The predicted molar refractivity (Wildman–Crippen MR) is 75.7 cm³/mol. The van der Waals surface area contributed by atoms with E-state index in [2.05, 4.69) is 9.97 Å². The fourth-order valence-corrected chi connectivity index (χ4v) is 2.92. The van der Waals surface area contributed by atoms with Gasteiger partial charge in [-0.3, -0.25) is 4.79 Å². The second kappa shape index (κ2) is 6.00. The van der Waals surface area contributed by atoms with Crippen LogP contribution in [0.2, 0.25) is 0 Å². The van der Waals surface area contributed by atoms with Crippen LogP contribution in [-0.4, -0.2) is 40.0 Å². The second-order valence-electron chi connectivity index (χ2n) is 4.72. The molecule has 0 spiro atoms. The standard InChI is InChI=1S/C14H15N3O2S/c18-14(7-11-3-6-20-9-11)17-5-2-12(8-17)19-13-1-4-15-10-16-13/h1,3-4,6,9-10,12H,2,5,7-8H2/t12-/m0/s1. The molecule has 6 heteroatoms. The van der Waals surface area contributed by atoms with Crippen LogP contribution in [0.15, 0.2) is 35.4 Å². The first kappa shape index (κ1) is 13.1. The van der Waals surface area contributed by atoms with Crippen LogP contribution in [0.5, 0.6) is 5.88 Å². The van der Waals surface area contributed by atoms with Gasteiger partial charge < -0.3 is 9.64 Å². The summed E-state index contributed by atoms with van der Waals surface area (Å²) < 4.78 is 5.75. The zero-order valence-corrected chi connectivity index (χ0v) is 11.8. The van der Waals surface area contributed by atoms with Crippen molar-refractivity contribution in [2.24, 2.45) is 0 Å². The van der Waals surface area contributed by atoms with Gasteiger partial charge in [-0.15, -0.1) is 0 Å². The topological polar surface area (TPSA) is 55.3 Å². The van der Waals surface area contributed by atoms with E-state index in [1.54, 1.807) is 23.6 Å². The van der Waals surface area contributed by atoms with Gasteiger partial charge in [0.05, 0.1) is 13.0 Å². The highest BCUT2D eigenvalue weighted by Gasteiger charge is 2.27. The van der Waals surface area contributed by atoms with Crippen molar-refractivity contribution < 1.29 is 9.53 Å². The number of rotatable bonds is 4. The average molecular weight is 289 g/mol. The van der Waals surface area contributed by atoms with Crippen molar-refractivity contribution in [3.63, 3.8) is 0 Å². The van der Waals surface area contributed by atoms with Gasteiger partial charge in [-0.25, -0.2) is 9.97 Å². The van der Waals surface area contributed by atoms with E-state index in [1.165, 1.54) is 6.33 Å². The normalized spacial score (nSPS) is 18.2. The van der Waals surface area contributed by atoms with E-state index in [0.717, 1.165) is 18.5 Å². The van der Waals surface area contributed by atoms with Crippen molar-refractivity contribution in [2.45, 2.75) is 18.9 Å². The predicted octanol–water partition coefficient (Wildman–Crippen LogP) is 1.76. The van der Waals surface area contributed by atoms with Gasteiger partial charge in [0.15, 0.2) is 0 Å². The Hall–Kier alpha value is -1.95. The molecule has 0 unspecified atom stereocenters. The van der Waals surface area contributed by atoms with Crippen molar-refractivity contribution in [3.05, 3.63) is 41.0 Å². The molecule has 1 atom stereocenters. The molecule has 1 fully saturated rings. The maximum absolute atomic E-state index is 12.2. The largest absolute Gasteiger partial charge is 0.472 e. The lowest BCUT2D eigenvalue weighted by Crippen LogP contribution is -2.32. The molecule has 1 aliphatic rings. The quantitative estimate of drug-likeness (QED) is 0.860. The van der Waals surface area contributed by atoms with Gasteiger partial charge >= 0.3 is 0 Å². The molecule has 0 bridgehead atoms. The van der Waals surface area contributed by atoms with Gasteiger partial charge in [-0.1, -0.05) is 0 Å². The number of carbonyl (C=O) groups is 1. The molecular weight excluding hydrogens is 274 g/mol. The average Bonchev–Trinajstić information content (AvgIpc) is 3.11. The molecule has 2 aromatic rings. The number of ether oxygens (including phenoxy) is 1. The van der Waals surface area contributed by atoms with Gasteiger partial charge in [-0.05, 0) is 22.4 Å². The lowest BCUT2D eigenvalue weighted by molar-refractivity contribution is -0.129. The van der Waals surface area contributed by atoms with E-state index in [-0.39, 0.29) is 12.0 Å². The summed E-state index contributed by atoms with van der Waals surface area (Å²) in [5.74, 6) is 0.731. The summed E-state index contributed by atoms with van der Waals surface area (Å²) >= 11 is 1.62. The highest BCUT2D eigenvalue weighted by atomic mass is 32.1. The first-order valence-electron chi connectivity index (χ1n) is 6.53. The molecule has 2 aromatic heterocycles. The minimum atomic E-state index is 0.0244. The molecule has 104 valence electrons. The monoisotopic (exact) mass is 289 g/mol. The molecule has 1 saturated heterocycles. The Morgan fingerprint density at radius 3 is 3.20 bits per heavy atom. The number of likely N-dealkylation sites (tertiary alicyclic amines) is 1. The Morgan fingerprint density at radius 2 is 2.45 bits per heavy atom. The van der Waals surface area contributed by atoms with Gasteiger partial charge in [0.2, 0.25) is 11.8 Å². The van der Waals surface area contributed by atoms with Gasteiger partial charge in [0, 0.05) is 25.2 Å². The Morgan fingerprint density at radius 1 is 1.50 bits per heavy atom. The summed E-state index contributed by atoms with van der Waals surface area (Å²) in [6.45, 7) is 1.38. The molecule has 0 aliphatic carbocycles. The zero-order chi connectivity index (χ0) is 13.8. The first-order chi connectivity index (χ1) is 9.81. The summed E-state index contributed by atoms with van der Waals surface area (Å²) in [7, 11) is 0. The number of amides is 1. The van der Waals surface area contributed by atoms with Crippen LogP contribution in [0, 0.1) is 0 Å². The fourth-order valence-electron chi connectivity index (χ4n) is 2.25. The van der Waals surface area contributed by atoms with Crippen LogP contribution >= 0.6 is 11.3 Å². The lowest BCUT2D eigenvalue weighted by Gasteiger charge is -2.16. The smallest absolute Gasteiger partial charge is 0.227 e. The Labute approximate surface area is 121 Å². The summed E-state index contributed by atoms with van der Waals surface area (Å²) in [5, 5.41) is 4.01. The molecule has 0 radical (unpaired) electrons. The zero-order valence-electron chi connectivity index (χ0n) is 10.9. The maximum atomic E-state index is 12.2. The van der Waals surface area contributed by atoms with Gasteiger partial charge in [0.25, 0.3) is 0 Å². The minimum Gasteiger partial charge on any atom is -0.472 e. The Bertz CT molecular complexity index is 559. The SMILES string of the molecule is O=C(Cc1ccsc1)N1CC[C@H](Oc2ccncn2)C1. The van der Waals surface area contributed by atoms with Crippen molar-refractivity contribution >= 4 is 17.2 Å². The lowest BCUT2D eigenvalue weighted by atomic mass is 10.2. The molecule has 20 heavy (non-hydrogen) atoms. The van der Waals surface area contributed by atoms with E-state index in [4.69, 9.17) is 4.74 Å². The molecule has 3 rings (SSSR count). The molecule has 5 nitrogen and oxygen atoms in total. The number of aromatic nitrogens is 2. The Balaban J connectivity index is 1.53. The fraction of sp³-hybridized carbons (Fsp3) is 0.357. The van der Waals surface area contributed by atoms with Gasteiger partial charge in [-0.2, -0.15) is 11.3 Å². The maximum Gasteiger partial charge on any atom is 0.227 e. The molecule has 0 N–H and O–H groups in total. The van der Waals surface area contributed by atoms with E-state index < -0.39 is 0 Å². The van der Waals surface area contributed by atoms with Crippen LogP contribution in [-0.2, 0) is 11.2 Å². The third kappa shape index (κ3) is 3.14. The molecule has 0 saturated carbocycles. The van der Waals surface area contributed by atoms with E-state index in [1.807, 2.05) is 21.7 Å². The molecular formula is C14H15N3O2S. The van der Waals surface area contributed by atoms with E-state index >= 15 is 0 Å². The molecule has 0 aromatic carbocycles. The van der Waals surface area contributed by atoms with E-state index in [9.17, 15) is 4.79 Å². The van der Waals surface area contributed by atoms with Crippen LogP contribution in [0.3, 0.4) is 0 Å². The minimum absolute atomic E-state index is 0.0244. The summed E-state index contributed by atoms with van der Waals surface area (Å²) in [4.78, 5) is 21.9. The number of nitrogens with zero attached hydrogens (tertiary/aromatic N) is 3. The molecule has 1 aliphatic heterocycles. The van der Waals surface area contributed by atoms with Crippen molar-refractivity contribution in [3.8, 4) is 5.88 Å². The van der Waals surface area contributed by atoms with E-state index in [0.29, 0.717) is 18.8 Å². The summed E-state index contributed by atoms with van der Waals surface area (Å²) in [6, 6.07) is 3.73. The second-order valence-corrected chi connectivity index (χ2v) is 5.50. The van der Waals surface area contributed by atoms with Crippen LogP contribution < -0.4 is 4.74 Å². The number of carbonyl (C=O) groups excluding carboxylic acids is 1. The third-order valence-electron chi connectivity index (χ3n) is 3.28. The highest BCUT2D eigenvalue weighted by molar-refractivity contribution is 7.07. The highest BCUT2D eigenvalue weighted by Crippen LogP contribution is 2.17. The summed E-state index contributed by atoms with van der Waals surface area (Å²) in [5.41, 5.74) is 1.08.